The van der Waals surface area contributed by atoms with E-state index in [-0.39, 0.29) is 36.0 Å². The first kappa shape index (κ1) is 22.8. The smallest absolute Gasteiger partial charge is 0.253 e. The number of aliphatic imine (C=N–C) groups is 1. The number of hydrogen-bond acceptors (Lipinski definition) is 3. The van der Waals surface area contributed by atoms with Gasteiger partial charge in [0.1, 0.15) is 5.75 Å². The number of nitrogens with zero attached hydrogens (tertiary/aromatic N) is 2. The predicted octanol–water partition coefficient (Wildman–Crippen LogP) is 3.72. The van der Waals surface area contributed by atoms with Crippen LogP contribution in [0.5, 0.6) is 5.75 Å². The van der Waals surface area contributed by atoms with Crippen LogP contribution in [0.2, 0.25) is 0 Å². The molecule has 7 heteroatoms. The third kappa shape index (κ3) is 7.46. The Morgan fingerprint density at radius 3 is 2.22 bits per heavy atom. The van der Waals surface area contributed by atoms with Gasteiger partial charge in [-0.25, -0.2) is 4.99 Å². The van der Waals surface area contributed by atoms with Crippen LogP contribution in [0.15, 0.2) is 53.5 Å². The van der Waals surface area contributed by atoms with Crippen molar-refractivity contribution in [2.75, 3.05) is 19.4 Å². The fraction of sp³-hybridized carbons (Fsp3) is 0.300. The molecule has 0 aliphatic carbocycles. The van der Waals surface area contributed by atoms with E-state index in [1.807, 2.05) is 50.2 Å². The number of anilines is 1. The Hall–Kier alpha value is -2.29. The molecule has 0 bridgehead atoms. The summed E-state index contributed by atoms with van der Waals surface area (Å²) in [6.45, 7) is 4.41. The third-order valence-corrected chi connectivity index (χ3v) is 3.54. The summed E-state index contributed by atoms with van der Waals surface area (Å²) in [6.07, 6.45) is 0.139. The fourth-order valence-corrected chi connectivity index (χ4v) is 2.26. The van der Waals surface area contributed by atoms with Crippen molar-refractivity contribution in [3.05, 3.63) is 59.7 Å². The number of nitrogens with two attached hydrogens (primary N) is 1. The Labute approximate surface area is 177 Å². The van der Waals surface area contributed by atoms with Gasteiger partial charge in [-0.1, -0.05) is 12.1 Å². The number of benzene rings is 2. The summed E-state index contributed by atoms with van der Waals surface area (Å²) >= 11 is 0. The molecule has 27 heavy (non-hydrogen) atoms. The van der Waals surface area contributed by atoms with E-state index in [1.54, 1.807) is 31.1 Å². The highest BCUT2D eigenvalue weighted by Crippen LogP contribution is 2.16. The van der Waals surface area contributed by atoms with E-state index in [2.05, 4.69) is 10.3 Å². The minimum absolute atomic E-state index is 0. The first-order chi connectivity index (χ1) is 12.3. The average molecular weight is 482 g/mol. The van der Waals surface area contributed by atoms with Gasteiger partial charge >= 0.3 is 0 Å². The summed E-state index contributed by atoms with van der Waals surface area (Å²) in [5, 5.41) is 3.05. The fourth-order valence-electron chi connectivity index (χ4n) is 2.26. The summed E-state index contributed by atoms with van der Waals surface area (Å²) in [6, 6.07) is 14.9. The van der Waals surface area contributed by atoms with Crippen molar-refractivity contribution >= 4 is 41.5 Å². The van der Waals surface area contributed by atoms with E-state index >= 15 is 0 Å². The van der Waals surface area contributed by atoms with Gasteiger partial charge in [-0.15, -0.1) is 24.0 Å². The van der Waals surface area contributed by atoms with Crippen LogP contribution >= 0.6 is 24.0 Å². The van der Waals surface area contributed by atoms with Gasteiger partial charge in [0.2, 0.25) is 0 Å². The Balaban J connectivity index is 0.00000364. The Morgan fingerprint density at radius 1 is 1.11 bits per heavy atom. The molecular weight excluding hydrogens is 455 g/mol. The summed E-state index contributed by atoms with van der Waals surface area (Å²) in [4.78, 5) is 17.7. The Kier molecular flexibility index (Phi) is 9.07. The van der Waals surface area contributed by atoms with Gasteiger partial charge < -0.3 is 20.7 Å². The average Bonchev–Trinajstić information content (AvgIpc) is 2.61. The molecule has 1 amide bonds. The highest BCUT2D eigenvalue weighted by atomic mass is 127. The first-order valence-corrected chi connectivity index (χ1v) is 8.49. The molecule has 0 spiro atoms. The van der Waals surface area contributed by atoms with Crippen molar-refractivity contribution in [3.63, 3.8) is 0 Å². The van der Waals surface area contributed by atoms with Crippen LogP contribution in [0.4, 0.5) is 5.69 Å². The topological polar surface area (TPSA) is 80.0 Å². The molecule has 0 saturated carbocycles. The molecule has 0 atom stereocenters. The standard InChI is InChI=1S/C20H26N4O2.HI/c1-14(2)26-18-11-9-17(10-12-18)23-20(21)22-13-15-5-7-16(8-6-15)19(25)24(3)4;/h5-12,14H,13H2,1-4H3,(H3,21,22,23);1H. The van der Waals surface area contributed by atoms with E-state index in [4.69, 9.17) is 10.5 Å². The Bertz CT molecular complexity index is 757. The molecule has 2 aromatic carbocycles. The highest BCUT2D eigenvalue weighted by Gasteiger charge is 2.07. The number of ether oxygens (including phenoxy) is 1. The summed E-state index contributed by atoms with van der Waals surface area (Å²) < 4.78 is 5.60. The maximum Gasteiger partial charge on any atom is 0.253 e. The van der Waals surface area contributed by atoms with Crippen molar-refractivity contribution < 1.29 is 9.53 Å². The second-order valence-corrected chi connectivity index (χ2v) is 6.41. The number of carbonyl (C=O) groups is 1. The minimum atomic E-state index is -0.0221. The summed E-state index contributed by atoms with van der Waals surface area (Å²) in [7, 11) is 3.46. The van der Waals surface area contributed by atoms with E-state index in [0.717, 1.165) is 17.0 Å². The lowest BCUT2D eigenvalue weighted by Crippen LogP contribution is -2.22. The molecule has 2 aromatic rings. The molecule has 0 saturated heterocycles. The molecule has 0 radical (unpaired) electrons. The van der Waals surface area contributed by atoms with Crippen molar-refractivity contribution in [2.45, 2.75) is 26.5 Å². The highest BCUT2D eigenvalue weighted by molar-refractivity contribution is 14.0. The predicted molar refractivity (Wildman–Crippen MR) is 121 cm³/mol. The lowest BCUT2D eigenvalue weighted by molar-refractivity contribution is 0.0827. The summed E-state index contributed by atoms with van der Waals surface area (Å²) in [5.74, 6) is 1.12. The maximum absolute atomic E-state index is 11.9. The lowest BCUT2D eigenvalue weighted by atomic mass is 10.1. The molecule has 6 nitrogen and oxygen atoms in total. The van der Waals surface area contributed by atoms with Crippen LogP contribution < -0.4 is 15.8 Å². The van der Waals surface area contributed by atoms with Gasteiger partial charge in [-0.2, -0.15) is 0 Å². The molecule has 2 rings (SSSR count). The van der Waals surface area contributed by atoms with Gasteiger partial charge in [0.05, 0.1) is 12.6 Å². The van der Waals surface area contributed by atoms with Crippen LogP contribution in [0.3, 0.4) is 0 Å². The lowest BCUT2D eigenvalue weighted by Gasteiger charge is -2.11. The number of rotatable bonds is 6. The number of hydrogen-bond donors (Lipinski definition) is 2. The van der Waals surface area contributed by atoms with Crippen molar-refractivity contribution in [1.29, 1.82) is 0 Å². The van der Waals surface area contributed by atoms with Crippen LogP contribution in [0.25, 0.3) is 0 Å². The van der Waals surface area contributed by atoms with Gasteiger partial charge in [0.25, 0.3) is 5.91 Å². The molecule has 0 unspecified atom stereocenters. The minimum Gasteiger partial charge on any atom is -0.491 e. The molecule has 0 aromatic heterocycles. The van der Waals surface area contributed by atoms with E-state index < -0.39 is 0 Å². The molecule has 3 N–H and O–H groups in total. The van der Waals surface area contributed by atoms with Crippen LogP contribution in [0, 0.1) is 0 Å². The molecular formula is C20H27IN4O2. The second-order valence-electron chi connectivity index (χ2n) is 6.41. The zero-order chi connectivity index (χ0) is 19.1. The molecule has 146 valence electrons. The first-order valence-electron chi connectivity index (χ1n) is 8.49. The van der Waals surface area contributed by atoms with Crippen molar-refractivity contribution in [3.8, 4) is 5.75 Å². The van der Waals surface area contributed by atoms with E-state index in [0.29, 0.717) is 18.1 Å². The van der Waals surface area contributed by atoms with Gasteiger partial charge in [-0.05, 0) is 55.8 Å². The van der Waals surface area contributed by atoms with E-state index in [9.17, 15) is 4.79 Å². The molecule has 0 aliphatic heterocycles. The second kappa shape index (κ2) is 10.8. The van der Waals surface area contributed by atoms with E-state index in [1.165, 1.54) is 0 Å². The normalized spacial score (nSPS) is 10.9. The van der Waals surface area contributed by atoms with Crippen molar-refractivity contribution in [1.82, 2.24) is 4.90 Å². The number of guanidine groups is 1. The van der Waals surface area contributed by atoms with Gasteiger partial charge in [0, 0.05) is 25.3 Å². The SMILES string of the molecule is CC(C)Oc1ccc(NC(N)=NCc2ccc(C(=O)N(C)C)cc2)cc1.I. The van der Waals surface area contributed by atoms with Crippen LogP contribution in [0.1, 0.15) is 29.8 Å². The zero-order valence-electron chi connectivity index (χ0n) is 16.1. The summed E-state index contributed by atoms with van der Waals surface area (Å²) in [5.41, 5.74) is 8.41. The largest absolute Gasteiger partial charge is 0.491 e. The quantitative estimate of drug-likeness (QED) is 0.374. The van der Waals surface area contributed by atoms with Crippen molar-refractivity contribution in [2.24, 2.45) is 10.7 Å². The molecule has 0 fully saturated rings. The monoisotopic (exact) mass is 482 g/mol. The van der Waals surface area contributed by atoms with Gasteiger partial charge in [0.15, 0.2) is 5.96 Å². The van der Waals surface area contributed by atoms with Gasteiger partial charge in [-0.3, -0.25) is 4.79 Å². The van der Waals surface area contributed by atoms with Crippen LogP contribution in [-0.2, 0) is 6.54 Å². The number of nitrogens with one attached hydrogen (secondary N) is 1. The van der Waals surface area contributed by atoms with Crippen LogP contribution in [-0.4, -0.2) is 37.0 Å². The number of carbonyl (C=O) groups excluding carboxylic acids is 1. The maximum atomic E-state index is 11.9. The third-order valence-electron chi connectivity index (χ3n) is 3.54. The number of amides is 1. The number of halogens is 1. The molecule has 0 aliphatic rings. The Morgan fingerprint density at radius 2 is 1.70 bits per heavy atom. The zero-order valence-corrected chi connectivity index (χ0v) is 18.4. The molecule has 0 heterocycles.